The lowest BCUT2D eigenvalue weighted by molar-refractivity contribution is 1.20. The first-order valence-corrected chi connectivity index (χ1v) is 7.11. The number of nitrogens with zero attached hydrogens (tertiary/aromatic N) is 1. The lowest BCUT2D eigenvalue weighted by atomic mass is 10.1. The Morgan fingerprint density at radius 3 is 2.94 bits per heavy atom. The van der Waals surface area contributed by atoms with Crippen LogP contribution in [0.15, 0.2) is 41.4 Å². The number of fused-ring (bicyclic) bond motifs is 3. The molecule has 18 heavy (non-hydrogen) atoms. The second-order valence-corrected chi connectivity index (χ2v) is 5.68. The van der Waals surface area contributed by atoms with Crippen molar-refractivity contribution < 1.29 is 0 Å². The average molecular weight is 274 g/mol. The largest absolute Gasteiger partial charge is 0.236 e. The van der Waals surface area contributed by atoms with Gasteiger partial charge in [-0.25, -0.2) is 4.98 Å². The molecule has 2 aromatic carbocycles. The van der Waals surface area contributed by atoms with Gasteiger partial charge < -0.3 is 0 Å². The van der Waals surface area contributed by atoms with Gasteiger partial charge in [-0.3, -0.25) is 0 Å². The highest BCUT2D eigenvalue weighted by Crippen LogP contribution is 2.30. The predicted octanol–water partition coefficient (Wildman–Crippen LogP) is 5.44. The molecule has 1 aromatic heterocycles. The van der Waals surface area contributed by atoms with Crippen molar-refractivity contribution in [2.24, 2.45) is 0 Å². The molecule has 0 radical (unpaired) electrons. The van der Waals surface area contributed by atoms with Crippen LogP contribution in [0.1, 0.15) is 18.4 Å². The minimum Gasteiger partial charge on any atom is -0.236 e. The Bertz CT molecular complexity index is 742. The van der Waals surface area contributed by atoms with Crippen LogP contribution in [0.4, 0.5) is 0 Å². The molecule has 90 valence electrons. The fourth-order valence-electron chi connectivity index (χ4n) is 1.98. The molecule has 1 nitrogen and oxygen atoms in total. The van der Waals surface area contributed by atoms with E-state index in [4.69, 9.17) is 11.6 Å². The normalized spacial score (nSPS) is 12.4. The molecule has 0 unspecified atom stereocenters. The van der Waals surface area contributed by atoms with Crippen LogP contribution in [0.5, 0.6) is 0 Å². The van der Waals surface area contributed by atoms with E-state index in [1.165, 1.54) is 15.5 Å². The van der Waals surface area contributed by atoms with Crippen molar-refractivity contribution in [2.45, 2.75) is 13.3 Å². The highest BCUT2D eigenvalue weighted by atomic mass is 35.5. The van der Waals surface area contributed by atoms with Gasteiger partial charge in [0.25, 0.3) is 0 Å². The maximum absolute atomic E-state index is 6.07. The van der Waals surface area contributed by atoms with Gasteiger partial charge in [0.2, 0.25) is 0 Å². The van der Waals surface area contributed by atoms with Gasteiger partial charge >= 0.3 is 0 Å². The molecular formula is C15H12ClNS. The Balaban J connectivity index is 2.26. The molecule has 0 saturated carbocycles. The summed E-state index contributed by atoms with van der Waals surface area (Å²) in [5.41, 5.74) is 1.07. The minimum absolute atomic E-state index is 0.845. The molecule has 0 N–H and O–H groups in total. The lowest BCUT2D eigenvalue weighted by Gasteiger charge is -1.96. The SMILES string of the molecule is CCC(Cl)=Cc1nc2c(ccc3ccccc32)s1. The third kappa shape index (κ3) is 2.02. The molecule has 3 aromatic rings. The summed E-state index contributed by atoms with van der Waals surface area (Å²) in [6, 6.07) is 12.6. The van der Waals surface area contributed by atoms with E-state index in [0.29, 0.717) is 0 Å². The van der Waals surface area contributed by atoms with E-state index >= 15 is 0 Å². The standard InChI is InChI=1S/C15H12ClNS/c1-2-11(16)9-14-17-15-12-6-4-3-5-10(12)7-8-13(15)18-14/h3-9H,2H2,1H3. The van der Waals surface area contributed by atoms with Crippen LogP contribution in [0, 0.1) is 0 Å². The van der Waals surface area contributed by atoms with Gasteiger partial charge in [-0.15, -0.1) is 11.3 Å². The first-order valence-electron chi connectivity index (χ1n) is 5.92. The number of hydrogen-bond donors (Lipinski definition) is 0. The van der Waals surface area contributed by atoms with Gasteiger partial charge in [-0.1, -0.05) is 48.9 Å². The molecule has 3 heteroatoms. The molecule has 0 saturated heterocycles. The third-order valence-corrected chi connectivity index (χ3v) is 4.26. The third-order valence-electron chi connectivity index (χ3n) is 2.92. The van der Waals surface area contributed by atoms with Crippen LogP contribution in [0.2, 0.25) is 0 Å². The number of rotatable bonds is 2. The number of allylic oxidation sites excluding steroid dienone is 1. The molecule has 0 bridgehead atoms. The lowest BCUT2D eigenvalue weighted by Crippen LogP contribution is -1.75. The van der Waals surface area contributed by atoms with Crippen LogP contribution in [-0.4, -0.2) is 4.98 Å². The Morgan fingerprint density at radius 2 is 2.11 bits per heavy atom. The molecule has 0 aliphatic heterocycles. The van der Waals surface area contributed by atoms with Crippen LogP contribution in [-0.2, 0) is 0 Å². The van der Waals surface area contributed by atoms with Crippen molar-refractivity contribution in [1.29, 1.82) is 0 Å². The number of aromatic nitrogens is 1. The molecular weight excluding hydrogens is 262 g/mol. The Hall–Kier alpha value is -1.38. The van der Waals surface area contributed by atoms with E-state index in [1.54, 1.807) is 11.3 Å². The molecule has 0 fully saturated rings. The Morgan fingerprint density at radius 1 is 1.28 bits per heavy atom. The summed E-state index contributed by atoms with van der Waals surface area (Å²) in [6.45, 7) is 2.04. The summed E-state index contributed by atoms with van der Waals surface area (Å²) in [5, 5.41) is 4.26. The zero-order chi connectivity index (χ0) is 12.5. The van der Waals surface area contributed by atoms with Crippen LogP contribution in [0.25, 0.3) is 27.1 Å². The predicted molar refractivity (Wildman–Crippen MR) is 81.2 cm³/mol. The van der Waals surface area contributed by atoms with Crippen LogP contribution in [0.3, 0.4) is 0 Å². The fraction of sp³-hybridized carbons (Fsp3) is 0.133. The summed E-state index contributed by atoms with van der Waals surface area (Å²) in [4.78, 5) is 4.69. The number of benzene rings is 2. The van der Waals surface area contributed by atoms with Crippen molar-refractivity contribution in [3.05, 3.63) is 46.4 Å². The zero-order valence-corrected chi connectivity index (χ0v) is 11.6. The molecule has 1 heterocycles. The van der Waals surface area contributed by atoms with E-state index in [2.05, 4.69) is 41.4 Å². The molecule has 3 rings (SSSR count). The van der Waals surface area contributed by atoms with Crippen LogP contribution < -0.4 is 0 Å². The van der Waals surface area contributed by atoms with Gasteiger partial charge in [0.1, 0.15) is 5.01 Å². The number of hydrogen-bond acceptors (Lipinski definition) is 2. The summed E-state index contributed by atoms with van der Waals surface area (Å²) >= 11 is 7.76. The second kappa shape index (κ2) is 4.71. The molecule has 0 atom stereocenters. The first kappa shape index (κ1) is 11.7. The Kier molecular flexibility index (Phi) is 3.06. The number of halogens is 1. The van der Waals surface area contributed by atoms with Crippen molar-refractivity contribution in [2.75, 3.05) is 0 Å². The van der Waals surface area contributed by atoms with Crippen molar-refractivity contribution in [1.82, 2.24) is 4.98 Å². The summed E-state index contributed by atoms with van der Waals surface area (Å²) in [6.07, 6.45) is 2.80. The highest BCUT2D eigenvalue weighted by Gasteiger charge is 2.06. The van der Waals surface area contributed by atoms with E-state index in [-0.39, 0.29) is 0 Å². The fourth-order valence-corrected chi connectivity index (χ4v) is 3.10. The summed E-state index contributed by atoms with van der Waals surface area (Å²) < 4.78 is 1.21. The quantitative estimate of drug-likeness (QED) is 0.606. The van der Waals surface area contributed by atoms with Gasteiger partial charge in [-0.2, -0.15) is 0 Å². The zero-order valence-electron chi connectivity index (χ0n) is 9.98. The van der Waals surface area contributed by atoms with E-state index in [0.717, 1.165) is 22.0 Å². The van der Waals surface area contributed by atoms with Crippen molar-refractivity contribution >= 4 is 50.0 Å². The monoisotopic (exact) mass is 273 g/mol. The number of thiazole rings is 1. The Labute approximate surface area is 115 Å². The molecule has 0 amide bonds. The molecule has 0 aliphatic rings. The first-order chi connectivity index (χ1) is 8.78. The van der Waals surface area contributed by atoms with E-state index < -0.39 is 0 Å². The topological polar surface area (TPSA) is 12.9 Å². The second-order valence-electron chi connectivity index (χ2n) is 4.13. The van der Waals surface area contributed by atoms with Gasteiger partial charge in [0.05, 0.1) is 10.2 Å². The molecule has 0 spiro atoms. The van der Waals surface area contributed by atoms with Gasteiger partial charge in [0, 0.05) is 10.4 Å². The highest BCUT2D eigenvalue weighted by molar-refractivity contribution is 7.19. The maximum Gasteiger partial charge on any atom is 0.118 e. The van der Waals surface area contributed by atoms with E-state index in [9.17, 15) is 0 Å². The smallest absolute Gasteiger partial charge is 0.118 e. The average Bonchev–Trinajstić information content (AvgIpc) is 2.81. The van der Waals surface area contributed by atoms with E-state index in [1.807, 2.05) is 13.0 Å². The van der Waals surface area contributed by atoms with Crippen molar-refractivity contribution in [3.63, 3.8) is 0 Å². The minimum atomic E-state index is 0.845. The summed E-state index contributed by atoms with van der Waals surface area (Å²) in [7, 11) is 0. The molecule has 0 aliphatic carbocycles. The van der Waals surface area contributed by atoms with Gasteiger partial charge in [0.15, 0.2) is 0 Å². The summed E-state index contributed by atoms with van der Waals surface area (Å²) in [5.74, 6) is 0. The van der Waals surface area contributed by atoms with Gasteiger partial charge in [-0.05, 0) is 23.9 Å². The van der Waals surface area contributed by atoms with Crippen molar-refractivity contribution in [3.8, 4) is 0 Å². The van der Waals surface area contributed by atoms with Crippen LogP contribution >= 0.6 is 22.9 Å². The maximum atomic E-state index is 6.07.